The molecule has 9 nitrogen and oxygen atoms in total. The third-order valence-electron chi connectivity index (χ3n) is 8.84. The zero-order valence-electron chi connectivity index (χ0n) is 27.4. The number of rotatable bonds is 10. The Kier molecular flexibility index (Phi) is 9.54. The fourth-order valence-electron chi connectivity index (χ4n) is 6.20. The van der Waals surface area contributed by atoms with Crippen LogP contribution in [0.25, 0.3) is 11.0 Å². The number of piperazine rings is 1. The van der Waals surface area contributed by atoms with Crippen molar-refractivity contribution in [3.05, 3.63) is 125 Å². The van der Waals surface area contributed by atoms with Crippen molar-refractivity contribution >= 4 is 44.2 Å². The number of hydrogen-bond acceptors (Lipinski definition) is 7. The number of furan rings is 1. The van der Waals surface area contributed by atoms with Crippen molar-refractivity contribution in [3.8, 4) is 0 Å². The van der Waals surface area contributed by atoms with Gasteiger partial charge in [0.2, 0.25) is 5.76 Å². The maximum Gasteiger partial charge on any atom is 0.374 e. The Balaban J connectivity index is 1.33. The van der Waals surface area contributed by atoms with Gasteiger partial charge in [-0.15, -0.1) is 0 Å². The first-order chi connectivity index (χ1) is 23.2. The second kappa shape index (κ2) is 13.9. The Labute approximate surface area is 281 Å². The van der Waals surface area contributed by atoms with Crippen molar-refractivity contribution in [2.45, 2.75) is 32.1 Å². The van der Waals surface area contributed by atoms with Crippen molar-refractivity contribution in [1.82, 2.24) is 4.90 Å². The number of anilines is 2. The number of carbonyl (C=O) groups is 2. The van der Waals surface area contributed by atoms with E-state index in [2.05, 4.69) is 4.90 Å². The number of benzene rings is 4. The van der Waals surface area contributed by atoms with Gasteiger partial charge in [-0.3, -0.25) is 9.10 Å². The molecule has 0 spiro atoms. The van der Waals surface area contributed by atoms with Crippen molar-refractivity contribution in [1.29, 1.82) is 0 Å². The summed E-state index contributed by atoms with van der Waals surface area (Å²) >= 11 is 0. The molecule has 10 heteroatoms. The quantitative estimate of drug-likeness (QED) is 0.155. The first kappa shape index (κ1) is 32.8. The van der Waals surface area contributed by atoms with Crippen LogP contribution in [0.1, 0.15) is 44.5 Å². The molecule has 0 radical (unpaired) electrons. The van der Waals surface area contributed by atoms with Gasteiger partial charge < -0.3 is 19.0 Å². The number of amides is 1. The number of sulfonamides is 1. The molecule has 2 heterocycles. The Morgan fingerprint density at radius 1 is 0.854 bits per heavy atom. The van der Waals surface area contributed by atoms with Crippen molar-refractivity contribution < 1.29 is 27.2 Å². The van der Waals surface area contributed by atoms with E-state index in [0.717, 1.165) is 16.8 Å². The monoisotopic (exact) mass is 665 g/mol. The second-order valence-corrected chi connectivity index (χ2v) is 13.7. The van der Waals surface area contributed by atoms with Gasteiger partial charge in [0.1, 0.15) is 5.58 Å². The highest BCUT2D eigenvalue weighted by molar-refractivity contribution is 7.92. The van der Waals surface area contributed by atoms with E-state index in [4.69, 9.17) is 9.15 Å². The second-order valence-electron chi connectivity index (χ2n) is 11.8. The fraction of sp³-hybridized carbons (Fsp3) is 0.263. The highest BCUT2D eigenvalue weighted by Crippen LogP contribution is 2.36. The molecule has 0 bridgehead atoms. The third kappa shape index (κ3) is 6.53. The third-order valence-corrected chi connectivity index (χ3v) is 10.6. The normalized spacial score (nSPS) is 13.5. The maximum absolute atomic E-state index is 14.6. The average molecular weight is 666 g/mol. The Bertz CT molecular complexity index is 2050. The molecule has 0 N–H and O–H groups in total. The minimum Gasteiger partial charge on any atom is -0.460 e. The zero-order chi connectivity index (χ0) is 33.8. The summed E-state index contributed by atoms with van der Waals surface area (Å²) in [4.78, 5) is 29.9. The number of esters is 1. The van der Waals surface area contributed by atoms with Crippen LogP contribution in [0.5, 0.6) is 0 Å². The van der Waals surface area contributed by atoms with E-state index in [9.17, 15) is 18.0 Å². The zero-order valence-corrected chi connectivity index (χ0v) is 28.2. The summed E-state index contributed by atoms with van der Waals surface area (Å²) in [5.74, 6) is -0.522. The number of para-hydroxylation sites is 2. The van der Waals surface area contributed by atoms with Crippen LogP contribution in [0.15, 0.2) is 106 Å². The van der Waals surface area contributed by atoms with Crippen LogP contribution in [0, 0.1) is 13.8 Å². The summed E-state index contributed by atoms with van der Waals surface area (Å²) in [7, 11) is -4.10. The van der Waals surface area contributed by atoms with Crippen molar-refractivity contribution in [2.75, 3.05) is 48.5 Å². The van der Waals surface area contributed by atoms with Crippen LogP contribution in [0.2, 0.25) is 0 Å². The molecule has 248 valence electrons. The fourth-order valence-corrected chi connectivity index (χ4v) is 7.71. The van der Waals surface area contributed by atoms with Crippen LogP contribution in [-0.4, -0.2) is 64.5 Å². The predicted molar refractivity (Wildman–Crippen MR) is 187 cm³/mol. The van der Waals surface area contributed by atoms with Gasteiger partial charge in [-0.05, 0) is 74.7 Å². The molecule has 1 aromatic heterocycles. The van der Waals surface area contributed by atoms with Crippen LogP contribution < -0.4 is 9.21 Å². The number of fused-ring (bicyclic) bond motifs is 1. The summed E-state index contributed by atoms with van der Waals surface area (Å²) in [6, 6.07) is 29.6. The highest BCUT2D eigenvalue weighted by atomic mass is 32.2. The van der Waals surface area contributed by atoms with Gasteiger partial charge in [-0.25, -0.2) is 13.2 Å². The van der Waals surface area contributed by atoms with Gasteiger partial charge in [-0.1, -0.05) is 60.7 Å². The van der Waals surface area contributed by atoms with Gasteiger partial charge in [0, 0.05) is 49.2 Å². The first-order valence-corrected chi connectivity index (χ1v) is 17.6. The molecular weight excluding hydrogens is 627 g/mol. The van der Waals surface area contributed by atoms with E-state index in [0.29, 0.717) is 60.4 Å². The Morgan fingerprint density at radius 2 is 1.54 bits per heavy atom. The summed E-state index contributed by atoms with van der Waals surface area (Å²) < 4.78 is 41.7. The summed E-state index contributed by atoms with van der Waals surface area (Å²) in [6.45, 7) is 7.91. The van der Waals surface area contributed by atoms with Crippen LogP contribution in [0.3, 0.4) is 0 Å². The molecule has 48 heavy (non-hydrogen) atoms. The molecule has 1 aliphatic heterocycles. The van der Waals surface area contributed by atoms with Crippen LogP contribution in [0.4, 0.5) is 11.4 Å². The summed E-state index contributed by atoms with van der Waals surface area (Å²) in [5.41, 5.74) is 4.92. The molecule has 6 rings (SSSR count). The number of ether oxygens (including phenoxy) is 1. The largest absolute Gasteiger partial charge is 0.460 e. The van der Waals surface area contributed by atoms with E-state index in [1.54, 1.807) is 26.0 Å². The summed E-state index contributed by atoms with van der Waals surface area (Å²) in [5, 5.41) is 0.532. The lowest BCUT2D eigenvalue weighted by Crippen LogP contribution is -2.49. The Hall–Kier alpha value is -5.09. The number of carbonyl (C=O) groups excluding carboxylic acids is 2. The van der Waals surface area contributed by atoms with Crippen molar-refractivity contribution in [3.63, 3.8) is 0 Å². The smallest absolute Gasteiger partial charge is 0.374 e. The standard InChI is InChI=1S/C38H39N3O6S/c1-4-46-38(43)36-28(3)32-26-30(18-19-35(32)47-36)48(44,45)41(21-20-29-13-6-5-7-14-29)34-17-11-10-16-33(34)39-22-24-40(25-23-39)37(42)31-15-9-8-12-27(31)2/h5-19,26H,4,20-25H2,1-3H3. The molecule has 0 unspecified atom stereocenters. The average Bonchev–Trinajstić information content (AvgIpc) is 3.44. The number of hydrogen-bond donors (Lipinski definition) is 0. The van der Waals surface area contributed by atoms with Crippen LogP contribution in [-0.2, 0) is 21.2 Å². The number of nitrogens with zero attached hydrogens (tertiary/aromatic N) is 3. The molecule has 1 fully saturated rings. The minimum absolute atomic E-state index is 0.00384. The van der Waals surface area contributed by atoms with E-state index < -0.39 is 16.0 Å². The molecule has 1 saturated heterocycles. The Morgan fingerprint density at radius 3 is 2.27 bits per heavy atom. The van der Waals surface area contributed by atoms with Gasteiger partial charge in [0.25, 0.3) is 15.9 Å². The molecule has 1 amide bonds. The predicted octanol–water partition coefficient (Wildman–Crippen LogP) is 6.63. The molecule has 0 saturated carbocycles. The van der Waals surface area contributed by atoms with E-state index in [1.807, 2.05) is 90.7 Å². The molecule has 0 aliphatic carbocycles. The van der Waals surface area contributed by atoms with Crippen molar-refractivity contribution in [2.24, 2.45) is 0 Å². The highest BCUT2D eigenvalue weighted by Gasteiger charge is 2.31. The van der Waals surface area contributed by atoms with E-state index >= 15 is 0 Å². The first-order valence-electron chi connectivity index (χ1n) is 16.1. The van der Waals surface area contributed by atoms with Gasteiger partial charge in [-0.2, -0.15) is 0 Å². The lowest BCUT2D eigenvalue weighted by molar-refractivity contribution is 0.0491. The van der Waals surface area contributed by atoms with Gasteiger partial charge >= 0.3 is 5.97 Å². The van der Waals surface area contributed by atoms with E-state index in [1.165, 1.54) is 10.4 Å². The number of aryl methyl sites for hydroxylation is 2. The van der Waals surface area contributed by atoms with Gasteiger partial charge in [0.15, 0.2) is 0 Å². The van der Waals surface area contributed by atoms with Gasteiger partial charge in [0.05, 0.1) is 22.9 Å². The summed E-state index contributed by atoms with van der Waals surface area (Å²) in [6.07, 6.45) is 0.493. The molecule has 4 aromatic carbocycles. The maximum atomic E-state index is 14.6. The van der Waals surface area contributed by atoms with Crippen LogP contribution >= 0.6 is 0 Å². The SMILES string of the molecule is CCOC(=O)c1oc2ccc(S(=O)(=O)N(CCc3ccccc3)c3ccccc3N3CCN(C(=O)c4ccccc4C)CC3)cc2c1C. The lowest BCUT2D eigenvalue weighted by atomic mass is 10.1. The molecule has 0 atom stereocenters. The topological polar surface area (TPSA) is 100 Å². The van der Waals surface area contributed by atoms with E-state index in [-0.39, 0.29) is 29.7 Å². The molecular formula is C38H39N3O6S. The molecule has 5 aromatic rings. The minimum atomic E-state index is -4.10. The molecule has 1 aliphatic rings. The lowest BCUT2D eigenvalue weighted by Gasteiger charge is -2.38.